The Hall–Kier alpha value is -1.06. The smallest absolute Gasteiger partial charge is 0.123 e. The monoisotopic (exact) mass is 251 g/mol. The van der Waals surface area contributed by atoms with Crippen LogP contribution < -0.4 is 10.1 Å². The van der Waals surface area contributed by atoms with Gasteiger partial charge in [0.15, 0.2) is 0 Å². The average Bonchev–Trinajstić information content (AvgIpc) is 2.36. The first-order chi connectivity index (χ1) is 8.39. The number of rotatable bonds is 6. The Morgan fingerprint density at radius 3 is 2.50 bits per heavy atom. The van der Waals surface area contributed by atoms with Crippen LogP contribution in [0, 0.1) is 0 Å². The summed E-state index contributed by atoms with van der Waals surface area (Å²) in [5, 5.41) is 12.6. The van der Waals surface area contributed by atoms with Crippen LogP contribution in [0.2, 0.25) is 0 Å². The van der Waals surface area contributed by atoms with Gasteiger partial charge in [0.05, 0.1) is 13.7 Å². The third-order valence-electron chi connectivity index (χ3n) is 3.12. The zero-order chi connectivity index (χ0) is 13.8. The van der Waals surface area contributed by atoms with Gasteiger partial charge in [-0.05, 0) is 31.4 Å². The Labute approximate surface area is 110 Å². The molecule has 0 unspecified atom stereocenters. The number of hydrogen-bond donors (Lipinski definition) is 2. The molecule has 2 N–H and O–H groups in total. The molecular weight excluding hydrogens is 226 g/mol. The number of ether oxygens (including phenoxy) is 1. The fourth-order valence-corrected chi connectivity index (χ4v) is 1.69. The largest absolute Gasteiger partial charge is 0.496 e. The van der Waals surface area contributed by atoms with Gasteiger partial charge in [-0.2, -0.15) is 0 Å². The Morgan fingerprint density at radius 1 is 1.33 bits per heavy atom. The Kier molecular flexibility index (Phi) is 5.17. The summed E-state index contributed by atoms with van der Waals surface area (Å²) in [5.41, 5.74) is 2.15. The summed E-state index contributed by atoms with van der Waals surface area (Å²) in [6, 6.07) is 6.28. The van der Waals surface area contributed by atoms with E-state index in [0.717, 1.165) is 11.3 Å². The first kappa shape index (κ1) is 15.0. The minimum atomic E-state index is -0.279. The minimum Gasteiger partial charge on any atom is -0.496 e. The normalized spacial score (nSPS) is 11.9. The molecule has 0 saturated carbocycles. The maximum Gasteiger partial charge on any atom is 0.123 e. The van der Waals surface area contributed by atoms with E-state index in [9.17, 15) is 5.11 Å². The van der Waals surface area contributed by atoms with E-state index in [1.54, 1.807) is 7.11 Å². The van der Waals surface area contributed by atoms with Gasteiger partial charge < -0.3 is 15.2 Å². The third kappa shape index (κ3) is 4.00. The minimum absolute atomic E-state index is 0.110. The highest BCUT2D eigenvalue weighted by atomic mass is 16.5. The van der Waals surface area contributed by atoms with Crippen molar-refractivity contribution in [3.8, 4) is 5.75 Å². The molecule has 0 spiro atoms. The lowest BCUT2D eigenvalue weighted by Crippen LogP contribution is -2.42. The van der Waals surface area contributed by atoms with Crippen molar-refractivity contribution >= 4 is 0 Å². The molecule has 0 aliphatic rings. The third-order valence-corrected chi connectivity index (χ3v) is 3.12. The Balaban J connectivity index is 2.88. The van der Waals surface area contributed by atoms with Crippen LogP contribution in [0.3, 0.4) is 0 Å². The highest BCUT2D eigenvalue weighted by Crippen LogP contribution is 2.24. The van der Waals surface area contributed by atoms with E-state index in [1.807, 2.05) is 19.9 Å². The second-order valence-corrected chi connectivity index (χ2v) is 5.62. The SMILES string of the molecule is COc1ccc(C(C)C)cc1CNC(C)(C)CO. The molecule has 18 heavy (non-hydrogen) atoms. The highest BCUT2D eigenvalue weighted by Gasteiger charge is 2.16. The van der Waals surface area contributed by atoms with Gasteiger partial charge in [0.2, 0.25) is 0 Å². The number of hydrogen-bond acceptors (Lipinski definition) is 3. The van der Waals surface area contributed by atoms with E-state index in [4.69, 9.17) is 4.74 Å². The lowest BCUT2D eigenvalue weighted by atomic mass is 9.99. The van der Waals surface area contributed by atoms with Crippen LogP contribution in [0.5, 0.6) is 5.75 Å². The van der Waals surface area contributed by atoms with Crippen molar-refractivity contribution in [1.82, 2.24) is 5.32 Å². The number of nitrogens with one attached hydrogen (secondary N) is 1. The molecule has 0 radical (unpaired) electrons. The van der Waals surface area contributed by atoms with Crippen LogP contribution in [0.25, 0.3) is 0 Å². The molecular formula is C15H25NO2. The van der Waals surface area contributed by atoms with E-state index < -0.39 is 0 Å². The highest BCUT2D eigenvalue weighted by molar-refractivity contribution is 5.38. The van der Waals surface area contributed by atoms with Crippen LogP contribution in [-0.2, 0) is 6.54 Å². The molecule has 0 heterocycles. The van der Waals surface area contributed by atoms with Crippen molar-refractivity contribution in [3.05, 3.63) is 29.3 Å². The van der Waals surface area contributed by atoms with E-state index >= 15 is 0 Å². The van der Waals surface area contributed by atoms with Crippen LogP contribution in [0.1, 0.15) is 44.7 Å². The predicted octanol–water partition coefficient (Wildman–Crippen LogP) is 2.68. The quantitative estimate of drug-likeness (QED) is 0.816. The molecule has 1 rings (SSSR count). The Morgan fingerprint density at radius 2 is 2.00 bits per heavy atom. The molecule has 1 aromatic rings. The van der Waals surface area contributed by atoms with Gasteiger partial charge in [-0.3, -0.25) is 0 Å². The molecule has 0 saturated heterocycles. The number of methoxy groups -OCH3 is 1. The van der Waals surface area contributed by atoms with Crippen molar-refractivity contribution < 1.29 is 9.84 Å². The fourth-order valence-electron chi connectivity index (χ4n) is 1.69. The summed E-state index contributed by atoms with van der Waals surface area (Å²) in [6.45, 7) is 9.11. The zero-order valence-corrected chi connectivity index (χ0v) is 12.1. The topological polar surface area (TPSA) is 41.5 Å². The molecule has 1 aromatic carbocycles. The standard InChI is InChI=1S/C15H25NO2/c1-11(2)12-6-7-14(18-5)13(8-12)9-16-15(3,4)10-17/h6-8,11,16-17H,9-10H2,1-5H3. The summed E-state index contributed by atoms with van der Waals surface area (Å²) in [7, 11) is 1.69. The molecule has 3 heteroatoms. The lowest BCUT2D eigenvalue weighted by molar-refractivity contribution is 0.187. The van der Waals surface area contributed by atoms with Gasteiger partial charge in [-0.25, -0.2) is 0 Å². The molecule has 0 bridgehead atoms. The summed E-state index contributed by atoms with van der Waals surface area (Å²) >= 11 is 0. The van der Waals surface area contributed by atoms with E-state index in [-0.39, 0.29) is 12.1 Å². The number of aliphatic hydroxyl groups excluding tert-OH is 1. The second kappa shape index (κ2) is 6.21. The van der Waals surface area contributed by atoms with Gasteiger partial charge >= 0.3 is 0 Å². The van der Waals surface area contributed by atoms with Crippen molar-refractivity contribution in [2.24, 2.45) is 0 Å². The van der Waals surface area contributed by atoms with Crippen LogP contribution in [0.15, 0.2) is 18.2 Å². The molecule has 0 amide bonds. The number of benzene rings is 1. The van der Waals surface area contributed by atoms with Gasteiger partial charge in [0.1, 0.15) is 5.75 Å². The van der Waals surface area contributed by atoms with E-state index in [1.165, 1.54) is 5.56 Å². The van der Waals surface area contributed by atoms with Crippen LogP contribution >= 0.6 is 0 Å². The van der Waals surface area contributed by atoms with Gasteiger partial charge in [0.25, 0.3) is 0 Å². The molecule has 0 fully saturated rings. The molecule has 0 aliphatic carbocycles. The maximum atomic E-state index is 9.25. The number of aliphatic hydroxyl groups is 1. The van der Waals surface area contributed by atoms with Crippen molar-refractivity contribution in [3.63, 3.8) is 0 Å². The average molecular weight is 251 g/mol. The van der Waals surface area contributed by atoms with E-state index in [2.05, 4.69) is 31.3 Å². The van der Waals surface area contributed by atoms with Crippen molar-refractivity contribution in [2.45, 2.75) is 45.7 Å². The van der Waals surface area contributed by atoms with Crippen LogP contribution in [-0.4, -0.2) is 24.4 Å². The van der Waals surface area contributed by atoms with E-state index in [0.29, 0.717) is 12.5 Å². The molecule has 0 atom stereocenters. The summed E-state index contributed by atoms with van der Waals surface area (Å²) < 4.78 is 5.38. The first-order valence-corrected chi connectivity index (χ1v) is 6.42. The van der Waals surface area contributed by atoms with Gasteiger partial charge in [0, 0.05) is 17.6 Å². The first-order valence-electron chi connectivity index (χ1n) is 6.42. The molecule has 102 valence electrons. The van der Waals surface area contributed by atoms with Crippen LogP contribution in [0.4, 0.5) is 0 Å². The maximum absolute atomic E-state index is 9.25. The summed E-state index contributed by atoms with van der Waals surface area (Å²) in [4.78, 5) is 0. The predicted molar refractivity (Wildman–Crippen MR) is 75.1 cm³/mol. The molecule has 3 nitrogen and oxygen atoms in total. The van der Waals surface area contributed by atoms with Crippen molar-refractivity contribution in [1.29, 1.82) is 0 Å². The zero-order valence-electron chi connectivity index (χ0n) is 12.1. The van der Waals surface area contributed by atoms with Crippen molar-refractivity contribution in [2.75, 3.05) is 13.7 Å². The molecule has 0 aliphatic heterocycles. The fraction of sp³-hybridized carbons (Fsp3) is 0.600. The Bertz CT molecular complexity index is 386. The summed E-state index contributed by atoms with van der Waals surface area (Å²) in [6.07, 6.45) is 0. The second-order valence-electron chi connectivity index (χ2n) is 5.62. The summed E-state index contributed by atoms with van der Waals surface area (Å²) in [5.74, 6) is 1.39. The van der Waals surface area contributed by atoms with Gasteiger partial charge in [-0.1, -0.05) is 26.0 Å². The lowest BCUT2D eigenvalue weighted by Gasteiger charge is -2.24. The molecule has 0 aromatic heterocycles. The van der Waals surface area contributed by atoms with Gasteiger partial charge in [-0.15, -0.1) is 0 Å².